The molecule has 0 fully saturated rings. The quantitative estimate of drug-likeness (QED) is 0.376. The molecule has 0 saturated carbocycles. The third kappa shape index (κ3) is 5.03. The Labute approximate surface area is 192 Å². The van der Waals surface area contributed by atoms with Crippen LogP contribution in [0.15, 0.2) is 46.1 Å². The molecule has 3 aromatic rings. The molecular formula is C20H14ClF4N3O6. The molecule has 0 saturated heterocycles. The van der Waals surface area contributed by atoms with Crippen molar-refractivity contribution in [3.8, 4) is 23.1 Å². The number of benzene rings is 1. The summed E-state index contributed by atoms with van der Waals surface area (Å²) < 4.78 is 69.5. The fraction of sp³-hybridized carbons (Fsp3) is 0.200. The van der Waals surface area contributed by atoms with E-state index in [0.717, 1.165) is 20.2 Å². The van der Waals surface area contributed by atoms with Gasteiger partial charge >= 0.3 is 17.8 Å². The van der Waals surface area contributed by atoms with Crippen LogP contribution in [-0.4, -0.2) is 33.8 Å². The molecule has 2 aromatic heterocycles. The van der Waals surface area contributed by atoms with Gasteiger partial charge in [0.15, 0.2) is 12.4 Å². The highest BCUT2D eigenvalue weighted by molar-refractivity contribution is 6.32. The number of aromatic nitrogens is 3. The number of hydrogen-bond donors (Lipinski definition) is 0. The predicted octanol–water partition coefficient (Wildman–Crippen LogP) is 3.09. The van der Waals surface area contributed by atoms with Crippen LogP contribution in [0.5, 0.6) is 17.4 Å². The molecule has 14 heteroatoms. The summed E-state index contributed by atoms with van der Waals surface area (Å²) in [6.45, 7) is -0.511. The number of rotatable bonds is 6. The van der Waals surface area contributed by atoms with Crippen LogP contribution in [0.25, 0.3) is 5.69 Å². The molecule has 0 N–H and O–H groups in total. The van der Waals surface area contributed by atoms with Crippen LogP contribution in [-0.2, 0) is 22.8 Å². The highest BCUT2D eigenvalue weighted by Crippen LogP contribution is 2.36. The molecule has 0 atom stereocenters. The van der Waals surface area contributed by atoms with E-state index in [2.05, 4.69) is 9.72 Å². The van der Waals surface area contributed by atoms with Crippen LogP contribution in [0.3, 0.4) is 0 Å². The third-order valence-electron chi connectivity index (χ3n) is 4.36. The normalized spacial score (nSPS) is 11.3. The Hall–Kier alpha value is -3.87. The molecule has 9 nitrogen and oxygen atoms in total. The van der Waals surface area contributed by atoms with E-state index in [-0.39, 0.29) is 37.6 Å². The maximum Gasteiger partial charge on any atom is 0.431 e. The number of hydrogen-bond acceptors (Lipinski definition) is 7. The summed E-state index contributed by atoms with van der Waals surface area (Å²) in [6.07, 6.45) is -3.66. The highest BCUT2D eigenvalue weighted by Gasteiger charge is 2.35. The first-order valence-corrected chi connectivity index (χ1v) is 9.54. The Morgan fingerprint density at radius 2 is 1.88 bits per heavy atom. The van der Waals surface area contributed by atoms with Gasteiger partial charge in [0.25, 0.3) is 11.4 Å². The van der Waals surface area contributed by atoms with Crippen molar-refractivity contribution in [2.24, 2.45) is 7.05 Å². The number of pyridine rings is 1. The maximum absolute atomic E-state index is 14.7. The molecule has 0 aliphatic heterocycles. The van der Waals surface area contributed by atoms with Crippen LogP contribution < -0.4 is 20.7 Å². The van der Waals surface area contributed by atoms with Gasteiger partial charge in [0, 0.05) is 25.4 Å². The van der Waals surface area contributed by atoms with Gasteiger partial charge in [-0.3, -0.25) is 9.36 Å². The Balaban J connectivity index is 2.08. The minimum Gasteiger partial charge on any atom is -0.466 e. The number of nitrogens with zero attached hydrogens (tertiary/aromatic N) is 3. The van der Waals surface area contributed by atoms with Gasteiger partial charge in [-0.25, -0.2) is 23.5 Å². The summed E-state index contributed by atoms with van der Waals surface area (Å²) in [7, 11) is 1.93. The van der Waals surface area contributed by atoms with Gasteiger partial charge < -0.3 is 14.2 Å². The van der Waals surface area contributed by atoms with Crippen LogP contribution in [0, 0.1) is 5.82 Å². The van der Waals surface area contributed by atoms with Crippen molar-refractivity contribution in [1.82, 2.24) is 14.1 Å². The predicted molar refractivity (Wildman–Crippen MR) is 109 cm³/mol. The smallest absolute Gasteiger partial charge is 0.431 e. The van der Waals surface area contributed by atoms with E-state index in [0.29, 0.717) is 6.07 Å². The molecule has 0 aliphatic rings. The van der Waals surface area contributed by atoms with Gasteiger partial charge in [0.05, 0.1) is 17.8 Å². The first kappa shape index (κ1) is 24.8. The molecule has 1 aromatic carbocycles. The number of alkyl halides is 3. The number of methoxy groups -OCH3 is 1. The average molecular weight is 504 g/mol. The van der Waals surface area contributed by atoms with Gasteiger partial charge in [-0.2, -0.15) is 13.2 Å². The lowest BCUT2D eigenvalue weighted by atomic mass is 10.2. The van der Waals surface area contributed by atoms with E-state index in [1.807, 2.05) is 0 Å². The highest BCUT2D eigenvalue weighted by atomic mass is 35.5. The number of carbonyl (C=O) groups is 1. The minimum atomic E-state index is -4.99. The Morgan fingerprint density at radius 3 is 2.53 bits per heavy atom. The molecular weight excluding hydrogens is 490 g/mol. The third-order valence-corrected chi connectivity index (χ3v) is 4.66. The minimum absolute atomic E-state index is 0.0847. The molecule has 34 heavy (non-hydrogen) atoms. The van der Waals surface area contributed by atoms with E-state index in [4.69, 9.17) is 21.1 Å². The van der Waals surface area contributed by atoms with E-state index in [1.54, 1.807) is 0 Å². The van der Waals surface area contributed by atoms with Gasteiger partial charge in [0.2, 0.25) is 0 Å². The largest absolute Gasteiger partial charge is 0.466 e. The fourth-order valence-electron chi connectivity index (χ4n) is 2.75. The average Bonchev–Trinajstić information content (AvgIpc) is 2.77. The SMILES string of the molecule is COC(=O)COc1ncccc1Oc1cc(-n2c(=O)cc(C(F)(F)F)n(C)c2=O)c(F)cc1Cl. The van der Waals surface area contributed by atoms with Crippen molar-refractivity contribution in [2.75, 3.05) is 13.7 Å². The van der Waals surface area contributed by atoms with E-state index >= 15 is 0 Å². The topological polar surface area (TPSA) is 102 Å². The van der Waals surface area contributed by atoms with Crippen molar-refractivity contribution in [2.45, 2.75) is 6.18 Å². The first-order chi connectivity index (χ1) is 15.9. The summed E-state index contributed by atoms with van der Waals surface area (Å²) in [5, 5.41) is -0.305. The molecule has 0 bridgehead atoms. The van der Waals surface area contributed by atoms with Crippen molar-refractivity contribution >= 4 is 17.6 Å². The molecule has 180 valence electrons. The molecule has 0 spiro atoms. The standard InChI is InChI=1S/C20H14ClF4N3O6/c1-27-15(20(23,24)25)8-16(29)28(19(27)31)12-7-14(10(21)6-11(12)22)34-13-4-3-5-26-18(13)33-9-17(30)32-2/h3-8H,9H2,1-2H3. The van der Waals surface area contributed by atoms with Gasteiger partial charge in [-0.15, -0.1) is 0 Å². The Kier molecular flexibility index (Phi) is 6.96. The van der Waals surface area contributed by atoms with Gasteiger partial charge in [0.1, 0.15) is 17.3 Å². The zero-order valence-corrected chi connectivity index (χ0v) is 18.1. The lowest BCUT2D eigenvalue weighted by molar-refractivity contribution is -0.144. The van der Waals surface area contributed by atoms with Crippen molar-refractivity contribution in [1.29, 1.82) is 0 Å². The zero-order chi connectivity index (χ0) is 25.2. The van der Waals surface area contributed by atoms with E-state index in [9.17, 15) is 31.9 Å². The van der Waals surface area contributed by atoms with Gasteiger partial charge in [-0.05, 0) is 18.2 Å². The van der Waals surface area contributed by atoms with Crippen molar-refractivity contribution in [3.05, 3.63) is 73.9 Å². The number of halogens is 5. The maximum atomic E-state index is 14.7. The molecule has 0 amide bonds. The van der Waals surface area contributed by atoms with Gasteiger partial charge in [-0.1, -0.05) is 11.6 Å². The molecule has 2 heterocycles. The van der Waals surface area contributed by atoms with Crippen LogP contribution >= 0.6 is 11.6 Å². The monoisotopic (exact) mass is 503 g/mol. The number of carbonyl (C=O) groups excluding carboxylic acids is 1. The van der Waals surface area contributed by atoms with E-state index < -0.39 is 47.2 Å². The van der Waals surface area contributed by atoms with E-state index in [1.165, 1.54) is 18.3 Å². The molecule has 3 rings (SSSR count). The lowest BCUT2D eigenvalue weighted by Gasteiger charge is -2.16. The molecule has 0 radical (unpaired) electrons. The summed E-state index contributed by atoms with van der Waals surface area (Å²) >= 11 is 6.02. The number of esters is 1. The second-order valence-electron chi connectivity index (χ2n) is 6.55. The summed E-state index contributed by atoms with van der Waals surface area (Å²) in [6, 6.07) is 4.53. The summed E-state index contributed by atoms with van der Waals surface area (Å²) in [4.78, 5) is 40.0. The first-order valence-electron chi connectivity index (χ1n) is 9.16. The Morgan fingerprint density at radius 1 is 1.18 bits per heavy atom. The second-order valence-corrected chi connectivity index (χ2v) is 6.96. The number of ether oxygens (including phenoxy) is 3. The molecule has 0 aliphatic carbocycles. The van der Waals surface area contributed by atoms with Crippen LogP contribution in [0.1, 0.15) is 5.69 Å². The fourth-order valence-corrected chi connectivity index (χ4v) is 2.94. The van der Waals surface area contributed by atoms with Crippen LogP contribution in [0.2, 0.25) is 5.02 Å². The molecule has 0 unspecified atom stereocenters. The van der Waals surface area contributed by atoms with Crippen molar-refractivity contribution in [3.63, 3.8) is 0 Å². The Bertz CT molecular complexity index is 1370. The second kappa shape index (κ2) is 9.55. The van der Waals surface area contributed by atoms with Crippen LogP contribution in [0.4, 0.5) is 17.6 Å². The lowest BCUT2D eigenvalue weighted by Crippen LogP contribution is -2.41. The van der Waals surface area contributed by atoms with Crippen molar-refractivity contribution < 1.29 is 36.6 Å². The summed E-state index contributed by atoms with van der Waals surface area (Å²) in [5.74, 6) is -2.43. The zero-order valence-electron chi connectivity index (χ0n) is 17.4. The summed E-state index contributed by atoms with van der Waals surface area (Å²) in [5.41, 5.74) is -5.09.